The van der Waals surface area contributed by atoms with E-state index in [2.05, 4.69) is 10.1 Å². The Bertz CT molecular complexity index is 1280. The average molecular weight is 430 g/mol. The van der Waals surface area contributed by atoms with Crippen LogP contribution in [0, 0.1) is 0 Å². The van der Waals surface area contributed by atoms with Gasteiger partial charge in [-0.3, -0.25) is 9.77 Å². The first-order chi connectivity index (χ1) is 15.6. The molecule has 0 unspecified atom stereocenters. The van der Waals surface area contributed by atoms with Gasteiger partial charge in [-0.1, -0.05) is 54.6 Å². The quantitative estimate of drug-likeness (QED) is 0.286. The number of para-hydroxylation sites is 1. The summed E-state index contributed by atoms with van der Waals surface area (Å²) < 4.78 is 7.49. The van der Waals surface area contributed by atoms with Gasteiger partial charge in [-0.25, -0.2) is 4.79 Å². The van der Waals surface area contributed by atoms with Gasteiger partial charge >= 0.3 is 5.97 Å². The number of ether oxygens (including phenoxy) is 1. The van der Waals surface area contributed by atoms with Gasteiger partial charge in [0.25, 0.3) is 6.01 Å². The molecule has 0 aliphatic carbocycles. The molecular weight excluding hydrogens is 408 g/mol. The van der Waals surface area contributed by atoms with Crippen molar-refractivity contribution in [2.45, 2.75) is 13.5 Å². The van der Waals surface area contributed by atoms with Crippen LogP contribution >= 0.6 is 0 Å². The van der Waals surface area contributed by atoms with Gasteiger partial charge in [-0.05, 0) is 35.7 Å². The molecule has 0 aliphatic rings. The third-order valence-electron chi connectivity index (χ3n) is 5.06. The van der Waals surface area contributed by atoms with Crippen molar-refractivity contribution in [2.24, 2.45) is 5.10 Å². The standard InChI is InChI=1S/C24H22N4O4/c1-2-32-24-26-21-9-5-8-20(23(29)30)22(21)28(24)15-16-10-12-17(13-11-16)19-7-4-3-6-18(19)14-25-27-31/h3-14,27,31H,2,15H2,1H3,(H,29,30)/b25-14+. The van der Waals surface area contributed by atoms with E-state index < -0.39 is 5.97 Å². The number of imidazole rings is 1. The molecule has 0 spiro atoms. The minimum absolute atomic E-state index is 0.184. The number of rotatable bonds is 8. The zero-order valence-corrected chi connectivity index (χ0v) is 17.4. The zero-order chi connectivity index (χ0) is 22.5. The van der Waals surface area contributed by atoms with Gasteiger partial charge in [-0.2, -0.15) is 15.7 Å². The van der Waals surface area contributed by atoms with E-state index in [9.17, 15) is 9.90 Å². The number of carbonyl (C=O) groups is 1. The minimum Gasteiger partial charge on any atom is -0.478 e. The predicted octanol–water partition coefficient (Wildman–Crippen LogP) is 4.16. The molecule has 0 radical (unpaired) electrons. The Morgan fingerprint density at radius 1 is 1.12 bits per heavy atom. The summed E-state index contributed by atoms with van der Waals surface area (Å²) in [6.45, 7) is 2.70. The number of hydrogen-bond donors (Lipinski definition) is 3. The molecule has 0 saturated carbocycles. The highest BCUT2D eigenvalue weighted by molar-refractivity contribution is 6.01. The lowest BCUT2D eigenvalue weighted by Gasteiger charge is -2.12. The fourth-order valence-corrected chi connectivity index (χ4v) is 3.67. The normalized spacial score (nSPS) is 11.2. The van der Waals surface area contributed by atoms with E-state index in [-0.39, 0.29) is 5.56 Å². The Hall–Kier alpha value is -4.17. The molecular formula is C24H22N4O4. The minimum atomic E-state index is -1.01. The van der Waals surface area contributed by atoms with Crippen molar-refractivity contribution in [3.63, 3.8) is 0 Å². The number of hydrogen-bond acceptors (Lipinski definition) is 6. The summed E-state index contributed by atoms with van der Waals surface area (Å²) in [6.07, 6.45) is 1.54. The van der Waals surface area contributed by atoms with Gasteiger partial charge in [0.1, 0.15) is 0 Å². The van der Waals surface area contributed by atoms with Gasteiger partial charge in [0.2, 0.25) is 0 Å². The molecule has 8 heteroatoms. The van der Waals surface area contributed by atoms with Crippen LogP contribution in [0.25, 0.3) is 22.2 Å². The maximum atomic E-state index is 11.8. The average Bonchev–Trinajstić information content (AvgIpc) is 3.15. The molecule has 0 bridgehead atoms. The molecule has 0 aliphatic heterocycles. The number of hydrazone groups is 1. The third kappa shape index (κ3) is 4.17. The molecule has 8 nitrogen and oxygen atoms in total. The fourth-order valence-electron chi connectivity index (χ4n) is 3.67. The number of aromatic carboxylic acids is 1. The maximum absolute atomic E-state index is 11.8. The highest BCUT2D eigenvalue weighted by atomic mass is 16.5. The second kappa shape index (κ2) is 9.32. The van der Waals surface area contributed by atoms with Gasteiger partial charge in [0.15, 0.2) is 0 Å². The number of benzene rings is 3. The van der Waals surface area contributed by atoms with E-state index in [0.717, 1.165) is 22.3 Å². The van der Waals surface area contributed by atoms with Crippen molar-refractivity contribution in [1.29, 1.82) is 0 Å². The van der Waals surface area contributed by atoms with Crippen molar-refractivity contribution in [1.82, 2.24) is 15.1 Å². The van der Waals surface area contributed by atoms with E-state index in [1.165, 1.54) is 0 Å². The number of nitrogens with one attached hydrogen (secondary N) is 1. The lowest BCUT2D eigenvalue weighted by Crippen LogP contribution is -2.08. The second-order valence-corrected chi connectivity index (χ2v) is 7.03. The molecule has 3 aromatic carbocycles. The van der Waals surface area contributed by atoms with Crippen LogP contribution in [0.3, 0.4) is 0 Å². The Labute approximate surface area is 184 Å². The highest BCUT2D eigenvalue weighted by Gasteiger charge is 2.18. The van der Waals surface area contributed by atoms with Crippen LogP contribution in [-0.2, 0) is 6.54 Å². The summed E-state index contributed by atoms with van der Waals surface area (Å²) >= 11 is 0. The molecule has 1 heterocycles. The third-order valence-corrected chi connectivity index (χ3v) is 5.06. The van der Waals surface area contributed by atoms with Gasteiger partial charge < -0.3 is 9.84 Å². The Kier molecular flexibility index (Phi) is 6.14. The second-order valence-electron chi connectivity index (χ2n) is 7.03. The van der Waals surface area contributed by atoms with E-state index >= 15 is 0 Å². The van der Waals surface area contributed by atoms with Gasteiger partial charge in [0.05, 0.1) is 36.0 Å². The van der Waals surface area contributed by atoms with E-state index in [4.69, 9.17) is 9.94 Å². The molecule has 0 saturated heterocycles. The number of aromatic nitrogens is 2. The van der Waals surface area contributed by atoms with Crippen LogP contribution in [-0.4, -0.2) is 38.7 Å². The summed E-state index contributed by atoms with van der Waals surface area (Å²) in [7, 11) is 0. The summed E-state index contributed by atoms with van der Waals surface area (Å²) in [4.78, 5) is 16.3. The van der Waals surface area contributed by atoms with Gasteiger partial charge in [0, 0.05) is 5.56 Å². The summed E-state index contributed by atoms with van der Waals surface area (Å²) in [5.41, 5.74) is 6.85. The summed E-state index contributed by atoms with van der Waals surface area (Å²) in [5.74, 6) is -1.01. The summed E-state index contributed by atoms with van der Waals surface area (Å²) in [5, 5.41) is 22.1. The van der Waals surface area contributed by atoms with Crippen LogP contribution in [0.15, 0.2) is 71.8 Å². The van der Waals surface area contributed by atoms with E-state index in [1.54, 1.807) is 34.6 Å². The molecule has 0 fully saturated rings. The van der Waals surface area contributed by atoms with E-state index in [1.807, 2.05) is 55.5 Å². The number of carboxylic acid groups (broad SMARTS) is 1. The van der Waals surface area contributed by atoms with Crippen LogP contribution < -0.4 is 10.3 Å². The van der Waals surface area contributed by atoms with Crippen molar-refractivity contribution in [2.75, 3.05) is 6.61 Å². The first-order valence-electron chi connectivity index (χ1n) is 10.1. The largest absolute Gasteiger partial charge is 0.478 e. The zero-order valence-electron chi connectivity index (χ0n) is 17.4. The SMILES string of the molecule is CCOc1nc2cccc(C(=O)O)c2n1Cc1ccc(-c2ccccc2/C=N/NO)cc1. The first kappa shape index (κ1) is 21.1. The number of nitrogens with zero attached hydrogens (tertiary/aromatic N) is 3. The van der Waals surface area contributed by atoms with Crippen LogP contribution in [0.4, 0.5) is 0 Å². The molecule has 0 amide bonds. The molecule has 4 aromatic rings. The monoisotopic (exact) mass is 430 g/mol. The fraction of sp³-hybridized carbons (Fsp3) is 0.125. The molecule has 1 aromatic heterocycles. The van der Waals surface area contributed by atoms with Gasteiger partial charge in [-0.15, -0.1) is 0 Å². The Balaban J connectivity index is 1.71. The Morgan fingerprint density at radius 3 is 2.62 bits per heavy atom. The van der Waals surface area contributed by atoms with Crippen molar-refractivity contribution in [3.05, 3.63) is 83.4 Å². The lowest BCUT2D eigenvalue weighted by atomic mass is 9.99. The first-order valence-corrected chi connectivity index (χ1v) is 10.1. The van der Waals surface area contributed by atoms with Crippen molar-refractivity contribution in [3.8, 4) is 17.1 Å². The van der Waals surface area contributed by atoms with Crippen LogP contribution in [0.2, 0.25) is 0 Å². The topological polar surface area (TPSA) is 109 Å². The van der Waals surface area contributed by atoms with E-state index in [0.29, 0.717) is 30.2 Å². The van der Waals surface area contributed by atoms with Crippen molar-refractivity contribution >= 4 is 23.2 Å². The molecule has 4 rings (SSSR count). The summed E-state index contributed by atoms with van der Waals surface area (Å²) in [6, 6.07) is 21.1. The number of fused-ring (bicyclic) bond motifs is 1. The van der Waals surface area contributed by atoms with Crippen molar-refractivity contribution < 1.29 is 19.8 Å². The molecule has 162 valence electrons. The highest BCUT2D eigenvalue weighted by Crippen LogP contribution is 2.28. The van der Waals surface area contributed by atoms with Crippen LogP contribution in [0.1, 0.15) is 28.4 Å². The predicted molar refractivity (Wildman–Crippen MR) is 121 cm³/mol. The molecule has 32 heavy (non-hydrogen) atoms. The maximum Gasteiger partial charge on any atom is 0.337 e. The lowest BCUT2D eigenvalue weighted by molar-refractivity contribution is 0.0698. The smallest absolute Gasteiger partial charge is 0.337 e. The Morgan fingerprint density at radius 2 is 1.91 bits per heavy atom. The molecule has 0 atom stereocenters. The molecule has 3 N–H and O–H groups in total. The number of carboxylic acids is 1. The van der Waals surface area contributed by atoms with Crippen LogP contribution in [0.5, 0.6) is 6.01 Å².